The van der Waals surface area contributed by atoms with Gasteiger partial charge in [-0.2, -0.15) is 0 Å². The van der Waals surface area contributed by atoms with Crippen molar-refractivity contribution < 1.29 is 4.74 Å². The maximum absolute atomic E-state index is 5.30. The van der Waals surface area contributed by atoms with Crippen LogP contribution in [0.5, 0.6) is 0 Å². The van der Waals surface area contributed by atoms with Crippen LogP contribution >= 0.6 is 0 Å². The van der Waals surface area contributed by atoms with Crippen LogP contribution in [-0.4, -0.2) is 13.2 Å². The molecule has 2 fully saturated rings. The first-order valence-electron chi connectivity index (χ1n) is 3.54. The van der Waals surface area contributed by atoms with Gasteiger partial charge in [0.25, 0.3) is 0 Å². The van der Waals surface area contributed by atoms with Crippen molar-refractivity contribution in [3.05, 3.63) is 0 Å². The summed E-state index contributed by atoms with van der Waals surface area (Å²) in [6.45, 7) is 2.06. The normalized spacial score (nSPS) is 45.0. The molecule has 2 aliphatic rings. The van der Waals surface area contributed by atoms with Crippen LogP contribution < -0.4 is 0 Å². The molecule has 1 heterocycles. The predicted octanol–water partition coefficient (Wildman–Crippen LogP) is 1.43. The minimum Gasteiger partial charge on any atom is -0.381 e. The fourth-order valence-corrected chi connectivity index (χ4v) is 1.59. The molecule has 1 nitrogen and oxygen atoms in total. The molecule has 1 aliphatic carbocycles. The highest BCUT2D eigenvalue weighted by atomic mass is 16.5. The molecule has 0 N–H and O–H groups in total. The number of hydrogen-bond acceptors (Lipinski definition) is 1. The Morgan fingerprint density at radius 2 is 1.62 bits per heavy atom. The van der Waals surface area contributed by atoms with Crippen LogP contribution in [0, 0.1) is 11.8 Å². The molecule has 2 rings (SSSR count). The van der Waals surface area contributed by atoms with E-state index in [-0.39, 0.29) is 0 Å². The minimum atomic E-state index is 1.03. The maximum Gasteiger partial charge on any atom is 0.0468 e. The second-order valence-electron chi connectivity index (χ2n) is 2.95. The number of hydrogen-bond donors (Lipinski definition) is 0. The summed E-state index contributed by atoms with van der Waals surface area (Å²) in [5.74, 6) is 2.13. The van der Waals surface area contributed by atoms with Gasteiger partial charge in [-0.15, -0.1) is 0 Å². The van der Waals surface area contributed by atoms with E-state index in [1.54, 1.807) is 0 Å². The number of ether oxygens (including phenoxy) is 1. The molecule has 0 bridgehead atoms. The Kier molecular flexibility index (Phi) is 1.04. The van der Waals surface area contributed by atoms with Crippen molar-refractivity contribution >= 4 is 0 Å². The summed E-state index contributed by atoms with van der Waals surface area (Å²) in [4.78, 5) is 0. The van der Waals surface area contributed by atoms with E-state index in [0.717, 1.165) is 25.0 Å². The largest absolute Gasteiger partial charge is 0.381 e. The molecule has 0 aromatic carbocycles. The van der Waals surface area contributed by atoms with E-state index < -0.39 is 0 Å². The first kappa shape index (κ1) is 4.80. The van der Waals surface area contributed by atoms with Crippen molar-refractivity contribution in [3.63, 3.8) is 0 Å². The minimum absolute atomic E-state index is 1.03. The molecule has 1 saturated heterocycles. The van der Waals surface area contributed by atoms with Crippen molar-refractivity contribution in [2.24, 2.45) is 11.8 Å². The van der Waals surface area contributed by atoms with Crippen LogP contribution in [-0.2, 0) is 4.74 Å². The predicted molar refractivity (Wildman–Crippen MR) is 31.6 cm³/mol. The summed E-state index contributed by atoms with van der Waals surface area (Å²) in [7, 11) is 0. The Hall–Kier alpha value is -0.0400. The highest BCUT2D eigenvalue weighted by molar-refractivity contribution is 4.86. The van der Waals surface area contributed by atoms with Gasteiger partial charge in [0.15, 0.2) is 0 Å². The molecular weight excluding hydrogens is 100 g/mol. The molecule has 1 aliphatic heterocycles. The second kappa shape index (κ2) is 1.73. The smallest absolute Gasteiger partial charge is 0.0468 e. The van der Waals surface area contributed by atoms with Gasteiger partial charge in [-0.05, 0) is 31.1 Å². The van der Waals surface area contributed by atoms with Crippen molar-refractivity contribution in [1.29, 1.82) is 0 Å². The quantitative estimate of drug-likeness (QED) is 0.460. The Morgan fingerprint density at radius 3 is 2.25 bits per heavy atom. The van der Waals surface area contributed by atoms with Gasteiger partial charge in [0, 0.05) is 13.2 Å². The van der Waals surface area contributed by atoms with Gasteiger partial charge >= 0.3 is 0 Å². The first-order valence-corrected chi connectivity index (χ1v) is 3.54. The topological polar surface area (TPSA) is 9.23 Å². The summed E-state index contributed by atoms with van der Waals surface area (Å²) >= 11 is 0. The average molecular weight is 112 g/mol. The number of fused-ring (bicyclic) bond motifs is 1. The van der Waals surface area contributed by atoms with Gasteiger partial charge in [-0.3, -0.25) is 0 Å². The second-order valence-corrected chi connectivity index (χ2v) is 2.95. The third-order valence-corrected chi connectivity index (χ3v) is 2.33. The summed E-state index contributed by atoms with van der Waals surface area (Å²) in [5.41, 5.74) is 0. The van der Waals surface area contributed by atoms with E-state index in [0.29, 0.717) is 0 Å². The monoisotopic (exact) mass is 112 g/mol. The lowest BCUT2D eigenvalue weighted by molar-refractivity contribution is 0.136. The molecule has 1 saturated carbocycles. The zero-order valence-electron chi connectivity index (χ0n) is 5.10. The Morgan fingerprint density at radius 1 is 1.00 bits per heavy atom. The van der Waals surface area contributed by atoms with E-state index >= 15 is 0 Å². The Balaban J connectivity index is 1.89. The highest BCUT2D eigenvalue weighted by Crippen LogP contribution is 2.44. The van der Waals surface area contributed by atoms with Crippen LogP contribution in [0.25, 0.3) is 0 Å². The molecule has 0 spiro atoms. The van der Waals surface area contributed by atoms with E-state index in [2.05, 4.69) is 0 Å². The van der Waals surface area contributed by atoms with Crippen molar-refractivity contribution in [1.82, 2.24) is 0 Å². The van der Waals surface area contributed by atoms with Crippen molar-refractivity contribution in [2.75, 3.05) is 13.2 Å². The van der Waals surface area contributed by atoms with Gasteiger partial charge < -0.3 is 4.74 Å². The van der Waals surface area contributed by atoms with Gasteiger partial charge in [-0.1, -0.05) is 0 Å². The summed E-state index contributed by atoms with van der Waals surface area (Å²) in [6.07, 6.45) is 4.18. The van der Waals surface area contributed by atoms with Crippen LogP contribution in [0.3, 0.4) is 0 Å². The summed E-state index contributed by atoms with van der Waals surface area (Å²) in [5, 5.41) is 0. The fraction of sp³-hybridized carbons (Fsp3) is 1.00. The van der Waals surface area contributed by atoms with Crippen molar-refractivity contribution in [2.45, 2.75) is 19.3 Å². The standard InChI is InChI=1S/C7H12O/c1-3-8-4-2-7-5-6(1)7/h6-7H,1-5H2. The molecule has 0 amide bonds. The van der Waals surface area contributed by atoms with Crippen LogP contribution in [0.4, 0.5) is 0 Å². The van der Waals surface area contributed by atoms with Gasteiger partial charge in [-0.25, -0.2) is 0 Å². The van der Waals surface area contributed by atoms with Gasteiger partial charge in [0.2, 0.25) is 0 Å². The van der Waals surface area contributed by atoms with Gasteiger partial charge in [0.05, 0.1) is 0 Å². The van der Waals surface area contributed by atoms with Gasteiger partial charge in [0.1, 0.15) is 0 Å². The molecule has 0 aromatic heterocycles. The van der Waals surface area contributed by atoms with Crippen LogP contribution in [0.15, 0.2) is 0 Å². The molecule has 0 radical (unpaired) electrons. The zero-order chi connectivity index (χ0) is 5.40. The molecule has 46 valence electrons. The lowest BCUT2D eigenvalue weighted by atomic mass is 10.2. The van der Waals surface area contributed by atoms with E-state index in [9.17, 15) is 0 Å². The van der Waals surface area contributed by atoms with E-state index in [4.69, 9.17) is 4.74 Å². The molecule has 2 unspecified atom stereocenters. The fourth-order valence-electron chi connectivity index (χ4n) is 1.59. The van der Waals surface area contributed by atoms with Crippen molar-refractivity contribution in [3.8, 4) is 0 Å². The third kappa shape index (κ3) is 0.752. The molecule has 1 heteroatoms. The number of rotatable bonds is 0. The average Bonchev–Trinajstić information content (AvgIpc) is 2.36. The maximum atomic E-state index is 5.30. The summed E-state index contributed by atoms with van der Waals surface area (Å²) < 4.78 is 5.30. The molecule has 0 aromatic rings. The highest BCUT2D eigenvalue weighted by Gasteiger charge is 2.37. The van der Waals surface area contributed by atoms with Crippen LogP contribution in [0.1, 0.15) is 19.3 Å². The lowest BCUT2D eigenvalue weighted by Gasteiger charge is -1.95. The molecule has 2 atom stereocenters. The Labute approximate surface area is 50.0 Å². The van der Waals surface area contributed by atoms with Crippen LogP contribution in [0.2, 0.25) is 0 Å². The molecular formula is C7H12O. The Bertz CT molecular complexity index is 80.4. The zero-order valence-corrected chi connectivity index (χ0v) is 5.10. The lowest BCUT2D eigenvalue weighted by Crippen LogP contribution is -1.92. The SMILES string of the molecule is C1CC2CC2CCO1. The summed E-state index contributed by atoms with van der Waals surface area (Å²) in [6, 6.07) is 0. The molecule has 8 heavy (non-hydrogen) atoms. The van der Waals surface area contributed by atoms with E-state index in [1.807, 2.05) is 0 Å². The van der Waals surface area contributed by atoms with E-state index in [1.165, 1.54) is 19.3 Å². The third-order valence-electron chi connectivity index (χ3n) is 2.33. The first-order chi connectivity index (χ1) is 3.97.